The summed E-state index contributed by atoms with van der Waals surface area (Å²) >= 11 is 4.38. The minimum absolute atomic E-state index is 0.0384. The maximum Gasteiger partial charge on any atom is 0.408 e. The molecule has 0 bridgehead atoms. The highest BCUT2D eigenvalue weighted by atomic mass is 32.1. The Balaban J connectivity index is 2.60. The number of esters is 1. The van der Waals surface area contributed by atoms with E-state index in [-0.39, 0.29) is 18.7 Å². The highest BCUT2D eigenvalue weighted by Crippen LogP contribution is 2.25. The molecule has 3 atom stereocenters. The Morgan fingerprint density at radius 3 is 1.98 bits per heavy atom. The number of nitrogens with one attached hydrogen (secondary N) is 2. The molecule has 262 valence electrons. The van der Waals surface area contributed by atoms with E-state index in [1.807, 2.05) is 30.3 Å². The number of carbonyl (C=O) groups is 4. The maximum atomic E-state index is 14.5. The van der Waals surface area contributed by atoms with Gasteiger partial charge in [0.25, 0.3) is 0 Å². The van der Waals surface area contributed by atoms with Crippen LogP contribution >= 0.6 is 12.6 Å². The molecule has 0 aliphatic rings. The number of alkyl carbamates (subject to hydrolysis) is 1. The molecule has 0 aliphatic heterocycles. The summed E-state index contributed by atoms with van der Waals surface area (Å²) in [6.07, 6.45) is 9.52. The Labute approximate surface area is 292 Å². The van der Waals surface area contributed by atoms with Crippen molar-refractivity contribution in [3.05, 3.63) is 71.3 Å². The molecule has 0 spiro atoms. The highest BCUT2D eigenvalue weighted by Gasteiger charge is 2.38. The molecule has 9 nitrogen and oxygen atoms in total. The number of terminal acetylenes is 1. The quantitative estimate of drug-likeness (QED) is 0.0819. The second-order valence-corrected chi connectivity index (χ2v) is 14.1. The summed E-state index contributed by atoms with van der Waals surface area (Å²) in [4.78, 5) is 56.5. The van der Waals surface area contributed by atoms with Gasteiger partial charge in [0.1, 0.15) is 29.3 Å². The van der Waals surface area contributed by atoms with Crippen molar-refractivity contribution in [2.75, 3.05) is 12.3 Å². The third kappa shape index (κ3) is 14.0. The number of unbranched alkanes of at least 4 members (excludes halogenated alkanes) is 4. The lowest BCUT2D eigenvalue weighted by atomic mass is 9.99. The number of hydrogen-bond acceptors (Lipinski definition) is 7. The molecule has 0 fully saturated rings. The zero-order valence-corrected chi connectivity index (χ0v) is 30.4. The largest absolute Gasteiger partial charge is 0.458 e. The lowest BCUT2D eigenvalue weighted by molar-refractivity contribution is -0.159. The van der Waals surface area contributed by atoms with Gasteiger partial charge in [-0.2, -0.15) is 12.6 Å². The van der Waals surface area contributed by atoms with Crippen LogP contribution in [0.4, 0.5) is 4.79 Å². The monoisotopic (exact) mass is 679 g/mol. The lowest BCUT2D eigenvalue weighted by Gasteiger charge is -2.35. The van der Waals surface area contributed by atoms with Gasteiger partial charge in [-0.3, -0.25) is 9.59 Å². The molecule has 2 aromatic rings. The van der Waals surface area contributed by atoms with Crippen LogP contribution in [-0.4, -0.2) is 64.4 Å². The molecule has 2 aromatic carbocycles. The van der Waals surface area contributed by atoms with Crippen LogP contribution in [0.25, 0.3) is 0 Å². The fraction of sp³-hybridized carbons (Fsp3) is 0.526. The summed E-state index contributed by atoms with van der Waals surface area (Å²) in [7, 11) is 0. The van der Waals surface area contributed by atoms with E-state index in [2.05, 4.69) is 36.1 Å². The van der Waals surface area contributed by atoms with Crippen LogP contribution in [0.5, 0.6) is 0 Å². The van der Waals surface area contributed by atoms with Crippen molar-refractivity contribution in [1.82, 2.24) is 15.5 Å². The Bertz CT molecular complexity index is 1380. The van der Waals surface area contributed by atoms with Crippen LogP contribution in [0, 0.1) is 12.3 Å². The highest BCUT2D eigenvalue weighted by molar-refractivity contribution is 7.80. The van der Waals surface area contributed by atoms with Crippen molar-refractivity contribution in [1.29, 1.82) is 0 Å². The standard InChI is InChI=1S/C38H53N3O6S/c1-9-11-12-13-17-24-41(34(43)31(26-48)40-36(45)47-38(6,7)8)32(29-22-20-27(10-2)21-23-29)33(42)39-30(35(44)46-37(3,4)5)25-28-18-15-14-16-19-28/h2,14-16,18-23,30-32,48H,9,11-13,17,24-26H2,1,3-8H3,(H,39,42)(H,40,45). The maximum absolute atomic E-state index is 14.5. The van der Waals surface area contributed by atoms with Gasteiger partial charge >= 0.3 is 12.1 Å². The number of ether oxygens (including phenoxy) is 2. The predicted octanol–water partition coefficient (Wildman–Crippen LogP) is 6.40. The Morgan fingerprint density at radius 2 is 1.44 bits per heavy atom. The molecule has 0 saturated carbocycles. The summed E-state index contributed by atoms with van der Waals surface area (Å²) < 4.78 is 11.1. The van der Waals surface area contributed by atoms with E-state index in [4.69, 9.17) is 15.9 Å². The minimum Gasteiger partial charge on any atom is -0.458 e. The SMILES string of the molecule is C#Cc1ccc(C(C(=O)NC(Cc2ccccc2)C(=O)OC(C)(C)C)N(CCCCCCC)C(=O)C(CS)NC(=O)OC(C)(C)C)cc1. The first-order chi connectivity index (χ1) is 22.6. The van der Waals surface area contributed by atoms with Crippen molar-refractivity contribution in [2.24, 2.45) is 0 Å². The normalized spacial score (nSPS) is 13.3. The van der Waals surface area contributed by atoms with Gasteiger partial charge in [0.15, 0.2) is 0 Å². The topological polar surface area (TPSA) is 114 Å². The zero-order chi connectivity index (χ0) is 35.9. The molecule has 0 radical (unpaired) electrons. The van der Waals surface area contributed by atoms with Crippen LogP contribution in [0.3, 0.4) is 0 Å². The average Bonchev–Trinajstić information content (AvgIpc) is 3.01. The number of amides is 3. The van der Waals surface area contributed by atoms with Gasteiger partial charge in [-0.15, -0.1) is 6.42 Å². The van der Waals surface area contributed by atoms with Crippen molar-refractivity contribution < 1.29 is 28.7 Å². The van der Waals surface area contributed by atoms with E-state index in [9.17, 15) is 19.2 Å². The third-order valence-corrected chi connectivity index (χ3v) is 7.57. The molecule has 0 aliphatic carbocycles. The summed E-state index contributed by atoms with van der Waals surface area (Å²) in [6, 6.07) is 12.8. The van der Waals surface area contributed by atoms with E-state index in [0.29, 0.717) is 17.5 Å². The van der Waals surface area contributed by atoms with Gasteiger partial charge in [0, 0.05) is 24.3 Å². The summed E-state index contributed by atoms with van der Waals surface area (Å²) in [6.45, 7) is 12.8. The number of rotatable bonds is 16. The van der Waals surface area contributed by atoms with E-state index in [0.717, 1.165) is 31.2 Å². The number of carbonyl (C=O) groups excluding carboxylic acids is 4. The van der Waals surface area contributed by atoms with Gasteiger partial charge in [-0.25, -0.2) is 9.59 Å². The molecule has 3 amide bonds. The van der Waals surface area contributed by atoms with Gasteiger partial charge < -0.3 is 25.0 Å². The van der Waals surface area contributed by atoms with Crippen molar-refractivity contribution >= 4 is 36.5 Å². The van der Waals surface area contributed by atoms with Crippen LogP contribution in [0.1, 0.15) is 103 Å². The molecule has 10 heteroatoms. The van der Waals surface area contributed by atoms with E-state index < -0.39 is 53.2 Å². The van der Waals surface area contributed by atoms with Crippen molar-refractivity contribution in [3.8, 4) is 12.3 Å². The molecule has 2 N–H and O–H groups in total. The fourth-order valence-electron chi connectivity index (χ4n) is 4.99. The van der Waals surface area contributed by atoms with Gasteiger partial charge in [0.2, 0.25) is 11.8 Å². The predicted molar refractivity (Wildman–Crippen MR) is 193 cm³/mol. The van der Waals surface area contributed by atoms with Gasteiger partial charge in [-0.1, -0.05) is 81.0 Å². The summed E-state index contributed by atoms with van der Waals surface area (Å²) in [5.41, 5.74) is 0.333. The van der Waals surface area contributed by atoms with E-state index in [1.54, 1.807) is 65.8 Å². The first-order valence-electron chi connectivity index (χ1n) is 16.6. The molecule has 3 unspecified atom stereocenters. The van der Waals surface area contributed by atoms with E-state index >= 15 is 0 Å². The molecule has 0 saturated heterocycles. The number of benzene rings is 2. The van der Waals surface area contributed by atoms with Crippen LogP contribution in [0.15, 0.2) is 54.6 Å². The van der Waals surface area contributed by atoms with Gasteiger partial charge in [-0.05, 0) is 71.2 Å². The molecule has 0 heterocycles. The second kappa shape index (κ2) is 19.1. The molecule has 48 heavy (non-hydrogen) atoms. The second-order valence-electron chi connectivity index (χ2n) is 13.8. The third-order valence-electron chi connectivity index (χ3n) is 7.20. The van der Waals surface area contributed by atoms with Crippen LogP contribution in [0.2, 0.25) is 0 Å². The van der Waals surface area contributed by atoms with E-state index in [1.165, 1.54) is 4.90 Å². The lowest BCUT2D eigenvalue weighted by Crippen LogP contribution is -2.55. The van der Waals surface area contributed by atoms with Gasteiger partial charge in [0.05, 0.1) is 0 Å². The average molecular weight is 680 g/mol. The van der Waals surface area contributed by atoms with Crippen molar-refractivity contribution in [2.45, 2.75) is 116 Å². The Morgan fingerprint density at radius 1 is 0.833 bits per heavy atom. The first kappa shape index (κ1) is 40.2. The Kier molecular flexibility index (Phi) is 16.0. The molecule has 0 aromatic heterocycles. The fourth-order valence-corrected chi connectivity index (χ4v) is 5.24. The minimum atomic E-state index is -1.17. The zero-order valence-electron chi connectivity index (χ0n) is 29.5. The summed E-state index contributed by atoms with van der Waals surface area (Å²) in [5.74, 6) is 0.855. The van der Waals surface area contributed by atoms with Crippen LogP contribution in [-0.2, 0) is 30.3 Å². The van der Waals surface area contributed by atoms with Crippen molar-refractivity contribution in [3.63, 3.8) is 0 Å². The number of thiol groups is 1. The molecular weight excluding hydrogens is 627 g/mol. The first-order valence-corrected chi connectivity index (χ1v) is 17.3. The number of nitrogens with zero attached hydrogens (tertiary/aromatic N) is 1. The van der Waals surface area contributed by atoms with Crippen LogP contribution < -0.4 is 10.6 Å². The Hall–Kier alpha value is -3.97. The molecule has 2 rings (SSSR count). The molecular formula is C38H53N3O6S. The summed E-state index contributed by atoms with van der Waals surface area (Å²) in [5, 5.41) is 5.55. The smallest absolute Gasteiger partial charge is 0.408 e. The number of hydrogen-bond donors (Lipinski definition) is 3.